The fourth-order valence-electron chi connectivity index (χ4n) is 0.605. The smallest absolute Gasteiger partial charge is 0.307 e. The molecule has 0 spiro atoms. The van der Waals surface area contributed by atoms with Gasteiger partial charge in [0.05, 0.1) is 6.42 Å². The fourth-order valence-corrected chi connectivity index (χ4v) is 0.810. The molecule has 0 aliphatic rings. The number of nitrogens with zero attached hydrogens (tertiary/aromatic N) is 2. The van der Waals surface area contributed by atoms with Crippen LogP contribution in [-0.4, -0.2) is 21.0 Å². The first-order valence-corrected chi connectivity index (χ1v) is 3.66. The van der Waals surface area contributed by atoms with E-state index < -0.39 is 5.97 Å². The normalized spacial score (nSPS) is 9.55. The van der Waals surface area contributed by atoms with Crippen molar-refractivity contribution in [2.75, 3.05) is 0 Å². The molecule has 11 heavy (non-hydrogen) atoms. The van der Waals surface area contributed by atoms with E-state index in [1.807, 2.05) is 0 Å². The predicted molar refractivity (Wildman–Crippen MR) is 41.1 cm³/mol. The zero-order valence-corrected chi connectivity index (χ0v) is 7.08. The Morgan fingerprint density at radius 1 is 1.55 bits per heavy atom. The van der Waals surface area contributed by atoms with Gasteiger partial charge in [-0.1, -0.05) is 0 Å². The molecule has 0 aliphatic heterocycles. The second kappa shape index (κ2) is 3.43. The highest BCUT2D eigenvalue weighted by molar-refractivity contribution is 9.10. The third kappa shape index (κ3) is 2.63. The number of aromatic nitrogens is 2. The van der Waals surface area contributed by atoms with Gasteiger partial charge in [0.1, 0.15) is 0 Å². The summed E-state index contributed by atoms with van der Waals surface area (Å²) in [6, 6.07) is 0. The summed E-state index contributed by atoms with van der Waals surface area (Å²) in [7, 11) is 0. The minimum Gasteiger partial charge on any atom is -0.481 e. The zero-order chi connectivity index (χ0) is 8.27. The Labute approximate surface area is 71.4 Å². The summed E-state index contributed by atoms with van der Waals surface area (Å²) in [5.74, 6) is -0.879. The maximum absolute atomic E-state index is 10.2. The molecule has 58 valence electrons. The molecule has 4 nitrogen and oxygen atoms in total. The highest BCUT2D eigenvalue weighted by atomic mass is 79.9. The SMILES string of the molecule is O=C(O)Cc1cnc(Br)nc1. The van der Waals surface area contributed by atoms with Gasteiger partial charge in [0.15, 0.2) is 4.73 Å². The third-order valence-electron chi connectivity index (χ3n) is 1.03. The molecular formula is C6H5BrN2O2. The van der Waals surface area contributed by atoms with Crippen LogP contribution in [0.3, 0.4) is 0 Å². The Bertz CT molecular complexity index is 260. The lowest BCUT2D eigenvalue weighted by Gasteiger charge is -1.93. The zero-order valence-electron chi connectivity index (χ0n) is 5.49. The number of carboxylic acids is 1. The van der Waals surface area contributed by atoms with Crippen molar-refractivity contribution in [1.82, 2.24) is 9.97 Å². The number of rotatable bonds is 2. The van der Waals surface area contributed by atoms with E-state index in [1.165, 1.54) is 12.4 Å². The average molecular weight is 217 g/mol. The van der Waals surface area contributed by atoms with Gasteiger partial charge in [-0.15, -0.1) is 0 Å². The molecule has 0 saturated carbocycles. The monoisotopic (exact) mass is 216 g/mol. The van der Waals surface area contributed by atoms with Crippen molar-refractivity contribution in [3.8, 4) is 0 Å². The van der Waals surface area contributed by atoms with E-state index in [0.29, 0.717) is 10.3 Å². The molecule has 0 bridgehead atoms. The molecule has 0 saturated heterocycles. The van der Waals surface area contributed by atoms with E-state index in [9.17, 15) is 4.79 Å². The van der Waals surface area contributed by atoms with E-state index in [-0.39, 0.29) is 6.42 Å². The van der Waals surface area contributed by atoms with Gasteiger partial charge in [0.2, 0.25) is 0 Å². The highest BCUT2D eigenvalue weighted by Gasteiger charge is 2.00. The van der Waals surface area contributed by atoms with Crippen LogP contribution < -0.4 is 0 Å². The van der Waals surface area contributed by atoms with Gasteiger partial charge in [-0.3, -0.25) is 4.79 Å². The molecule has 5 heteroatoms. The summed E-state index contributed by atoms with van der Waals surface area (Å²) < 4.78 is 0.464. The number of hydrogen-bond acceptors (Lipinski definition) is 3. The minimum atomic E-state index is -0.879. The Morgan fingerprint density at radius 3 is 2.55 bits per heavy atom. The number of carbonyl (C=O) groups is 1. The second-order valence-corrected chi connectivity index (χ2v) is 2.64. The van der Waals surface area contributed by atoms with Gasteiger partial charge in [0, 0.05) is 12.4 Å². The quantitative estimate of drug-likeness (QED) is 0.746. The summed E-state index contributed by atoms with van der Waals surface area (Å²) in [5, 5.41) is 8.37. The standard InChI is InChI=1S/C6H5BrN2O2/c7-6-8-2-4(3-9-6)1-5(10)11/h2-3H,1H2,(H,10,11). The van der Waals surface area contributed by atoms with Crippen molar-refractivity contribution >= 4 is 21.9 Å². The first-order valence-electron chi connectivity index (χ1n) is 2.86. The first kappa shape index (κ1) is 8.13. The van der Waals surface area contributed by atoms with Crippen LogP contribution in [0.1, 0.15) is 5.56 Å². The number of carboxylic acid groups (broad SMARTS) is 1. The van der Waals surface area contributed by atoms with E-state index in [2.05, 4.69) is 25.9 Å². The molecule has 0 amide bonds. The van der Waals surface area contributed by atoms with Crippen LogP contribution in [0, 0.1) is 0 Å². The van der Waals surface area contributed by atoms with Crippen molar-refractivity contribution in [3.63, 3.8) is 0 Å². The molecule has 1 aromatic heterocycles. The van der Waals surface area contributed by atoms with E-state index in [0.717, 1.165) is 0 Å². The van der Waals surface area contributed by atoms with Gasteiger partial charge in [-0.05, 0) is 21.5 Å². The van der Waals surface area contributed by atoms with E-state index in [4.69, 9.17) is 5.11 Å². The Balaban J connectivity index is 2.74. The summed E-state index contributed by atoms with van der Waals surface area (Å²) in [5.41, 5.74) is 0.598. The molecule has 1 heterocycles. The Kier molecular flexibility index (Phi) is 2.53. The number of aliphatic carboxylic acids is 1. The molecule has 1 N–H and O–H groups in total. The first-order chi connectivity index (χ1) is 5.18. The predicted octanol–water partition coefficient (Wildman–Crippen LogP) is 0.866. The number of hydrogen-bond donors (Lipinski definition) is 1. The maximum Gasteiger partial charge on any atom is 0.307 e. The molecule has 0 aromatic carbocycles. The molecule has 0 atom stereocenters. The van der Waals surface area contributed by atoms with E-state index in [1.54, 1.807) is 0 Å². The van der Waals surface area contributed by atoms with Crippen molar-refractivity contribution < 1.29 is 9.90 Å². The Hall–Kier alpha value is -0.970. The lowest BCUT2D eigenvalue weighted by molar-refractivity contribution is -0.136. The van der Waals surface area contributed by atoms with Gasteiger partial charge < -0.3 is 5.11 Å². The second-order valence-electron chi connectivity index (χ2n) is 1.93. The van der Waals surface area contributed by atoms with Crippen molar-refractivity contribution in [1.29, 1.82) is 0 Å². The van der Waals surface area contributed by atoms with Gasteiger partial charge in [-0.25, -0.2) is 9.97 Å². The highest BCUT2D eigenvalue weighted by Crippen LogP contribution is 2.01. The van der Waals surface area contributed by atoms with Crippen molar-refractivity contribution in [3.05, 3.63) is 22.7 Å². The lowest BCUT2D eigenvalue weighted by atomic mass is 10.2. The van der Waals surface area contributed by atoms with Crippen LogP contribution in [0.2, 0.25) is 0 Å². The summed E-state index contributed by atoms with van der Waals surface area (Å²) in [4.78, 5) is 17.7. The van der Waals surface area contributed by atoms with Crippen molar-refractivity contribution in [2.45, 2.75) is 6.42 Å². The average Bonchev–Trinajstić information content (AvgIpc) is 1.93. The summed E-state index contributed by atoms with van der Waals surface area (Å²) in [6.45, 7) is 0. The molecule has 0 unspecified atom stereocenters. The Morgan fingerprint density at radius 2 is 2.09 bits per heavy atom. The minimum absolute atomic E-state index is 0.0344. The topological polar surface area (TPSA) is 63.1 Å². The van der Waals surface area contributed by atoms with Crippen LogP contribution in [-0.2, 0) is 11.2 Å². The van der Waals surface area contributed by atoms with Crippen LogP contribution in [0.4, 0.5) is 0 Å². The number of halogens is 1. The van der Waals surface area contributed by atoms with Gasteiger partial charge in [0.25, 0.3) is 0 Å². The molecule has 1 rings (SSSR count). The summed E-state index contributed by atoms with van der Waals surface area (Å²) in [6.07, 6.45) is 2.92. The fraction of sp³-hybridized carbons (Fsp3) is 0.167. The summed E-state index contributed by atoms with van der Waals surface area (Å²) >= 11 is 3.04. The third-order valence-corrected chi connectivity index (χ3v) is 1.44. The largest absolute Gasteiger partial charge is 0.481 e. The molecule has 0 radical (unpaired) electrons. The lowest BCUT2D eigenvalue weighted by Crippen LogP contribution is -2.00. The molecule has 0 aliphatic carbocycles. The van der Waals surface area contributed by atoms with Crippen LogP contribution in [0.15, 0.2) is 17.1 Å². The van der Waals surface area contributed by atoms with Crippen LogP contribution >= 0.6 is 15.9 Å². The van der Waals surface area contributed by atoms with Crippen LogP contribution in [0.25, 0.3) is 0 Å². The van der Waals surface area contributed by atoms with Crippen LogP contribution in [0.5, 0.6) is 0 Å². The van der Waals surface area contributed by atoms with Crippen molar-refractivity contribution in [2.24, 2.45) is 0 Å². The molecule has 0 fully saturated rings. The van der Waals surface area contributed by atoms with Gasteiger partial charge in [-0.2, -0.15) is 0 Å². The maximum atomic E-state index is 10.2. The molecule has 1 aromatic rings. The van der Waals surface area contributed by atoms with E-state index >= 15 is 0 Å². The molecular weight excluding hydrogens is 212 g/mol. The van der Waals surface area contributed by atoms with Gasteiger partial charge >= 0.3 is 5.97 Å².